The quantitative estimate of drug-likeness (QED) is 0.832. The second kappa shape index (κ2) is 7.77. The van der Waals surface area contributed by atoms with Gasteiger partial charge in [0.1, 0.15) is 6.10 Å². The highest BCUT2D eigenvalue weighted by Gasteiger charge is 2.24. The molecule has 1 fully saturated rings. The van der Waals surface area contributed by atoms with E-state index in [1.54, 1.807) is 36.2 Å². The van der Waals surface area contributed by atoms with Gasteiger partial charge >= 0.3 is 0 Å². The summed E-state index contributed by atoms with van der Waals surface area (Å²) in [5.74, 6) is -0.251. The van der Waals surface area contributed by atoms with Crippen molar-refractivity contribution in [3.63, 3.8) is 0 Å². The zero-order valence-electron chi connectivity index (χ0n) is 14.7. The number of rotatable bonds is 6. The Hall–Kier alpha value is -1.92. The molecule has 0 aliphatic carbocycles. The molecule has 3 N–H and O–H groups in total. The largest absolute Gasteiger partial charge is 0.368 e. The number of nitrogens with zero attached hydrogens (tertiary/aromatic N) is 1. The molecule has 24 heavy (non-hydrogen) atoms. The summed E-state index contributed by atoms with van der Waals surface area (Å²) in [6.07, 6.45) is 1.25. The lowest BCUT2D eigenvalue weighted by atomic mass is 9.93. The van der Waals surface area contributed by atoms with Gasteiger partial charge in [0.25, 0.3) is 11.8 Å². The van der Waals surface area contributed by atoms with E-state index in [-0.39, 0.29) is 17.2 Å². The van der Waals surface area contributed by atoms with Crippen LogP contribution in [0, 0.1) is 5.41 Å². The van der Waals surface area contributed by atoms with Crippen LogP contribution < -0.4 is 11.1 Å². The van der Waals surface area contributed by atoms with Crippen LogP contribution in [0.1, 0.15) is 37.0 Å². The van der Waals surface area contributed by atoms with Gasteiger partial charge in [-0.1, -0.05) is 19.9 Å². The summed E-state index contributed by atoms with van der Waals surface area (Å²) in [6, 6.07) is 6.98. The molecule has 0 spiro atoms. The van der Waals surface area contributed by atoms with E-state index >= 15 is 0 Å². The molecule has 6 heteroatoms. The highest BCUT2D eigenvalue weighted by molar-refractivity contribution is 5.98. The van der Waals surface area contributed by atoms with Gasteiger partial charge in [0.15, 0.2) is 0 Å². The molecule has 1 aliphatic heterocycles. The van der Waals surface area contributed by atoms with Crippen molar-refractivity contribution in [1.29, 1.82) is 0 Å². The number of ether oxygens (including phenoxy) is 1. The molecule has 1 aliphatic rings. The number of carbonyl (C=O) groups excluding carboxylic acids is 2. The van der Waals surface area contributed by atoms with Gasteiger partial charge in [-0.25, -0.2) is 0 Å². The number of hydrogen-bond donors (Lipinski definition) is 2. The fraction of sp³-hybridized carbons (Fsp3) is 0.556. The van der Waals surface area contributed by atoms with E-state index in [2.05, 4.69) is 5.32 Å². The molecule has 0 aromatic heterocycles. The molecule has 0 saturated carbocycles. The lowest BCUT2D eigenvalue weighted by Crippen LogP contribution is -2.39. The van der Waals surface area contributed by atoms with Crippen LogP contribution in [0.5, 0.6) is 0 Å². The third-order valence-electron chi connectivity index (χ3n) is 4.16. The van der Waals surface area contributed by atoms with E-state index in [9.17, 15) is 9.59 Å². The Morgan fingerprint density at radius 3 is 2.79 bits per heavy atom. The number of nitrogens with one attached hydrogen (secondary N) is 1. The molecule has 1 saturated heterocycles. The van der Waals surface area contributed by atoms with E-state index in [4.69, 9.17) is 10.5 Å². The number of benzene rings is 1. The lowest BCUT2D eigenvalue weighted by molar-refractivity contribution is -0.124. The van der Waals surface area contributed by atoms with Gasteiger partial charge in [0, 0.05) is 31.5 Å². The minimum absolute atomic E-state index is 0.0928. The molecule has 1 heterocycles. The summed E-state index contributed by atoms with van der Waals surface area (Å²) in [5.41, 5.74) is 6.73. The number of amides is 2. The second-order valence-corrected chi connectivity index (χ2v) is 7.10. The van der Waals surface area contributed by atoms with E-state index < -0.39 is 6.10 Å². The van der Waals surface area contributed by atoms with Gasteiger partial charge in [-0.05, 0) is 43.0 Å². The topological polar surface area (TPSA) is 84.7 Å². The average molecular weight is 333 g/mol. The minimum atomic E-state index is -0.391. The Balaban J connectivity index is 2.03. The summed E-state index contributed by atoms with van der Waals surface area (Å²) in [4.78, 5) is 26.4. The molecule has 2 rings (SSSR count). The minimum Gasteiger partial charge on any atom is -0.368 e. The molecule has 6 nitrogen and oxygen atoms in total. The van der Waals surface area contributed by atoms with Crippen LogP contribution in [0.2, 0.25) is 0 Å². The van der Waals surface area contributed by atoms with Gasteiger partial charge in [-0.15, -0.1) is 0 Å². The second-order valence-electron chi connectivity index (χ2n) is 7.10. The first-order valence-corrected chi connectivity index (χ1v) is 8.30. The normalized spacial score (nSPS) is 17.6. The molecule has 132 valence electrons. The maximum absolute atomic E-state index is 12.6. The summed E-state index contributed by atoms with van der Waals surface area (Å²) in [5, 5.41) is 2.82. The predicted octanol–water partition coefficient (Wildman–Crippen LogP) is 1.86. The highest BCUT2D eigenvalue weighted by Crippen LogP contribution is 2.19. The van der Waals surface area contributed by atoms with Crippen molar-refractivity contribution in [1.82, 2.24) is 4.90 Å². The number of nitrogens with two attached hydrogens (primary N) is 1. The monoisotopic (exact) mass is 333 g/mol. The number of anilines is 1. The smallest absolute Gasteiger partial charge is 0.253 e. The zero-order chi connectivity index (χ0) is 17.7. The first-order chi connectivity index (χ1) is 11.3. The Morgan fingerprint density at radius 1 is 1.42 bits per heavy atom. The summed E-state index contributed by atoms with van der Waals surface area (Å²) in [6.45, 7) is 5.74. The number of carbonyl (C=O) groups is 2. The van der Waals surface area contributed by atoms with E-state index in [0.717, 1.165) is 12.8 Å². The third kappa shape index (κ3) is 4.79. The molecule has 2 amide bonds. The zero-order valence-corrected chi connectivity index (χ0v) is 14.7. The van der Waals surface area contributed by atoms with Crippen molar-refractivity contribution in [2.24, 2.45) is 11.1 Å². The van der Waals surface area contributed by atoms with Crippen molar-refractivity contribution in [2.75, 3.05) is 32.1 Å². The van der Waals surface area contributed by atoms with Gasteiger partial charge < -0.3 is 20.7 Å². The maximum Gasteiger partial charge on any atom is 0.253 e. The Morgan fingerprint density at radius 2 is 2.17 bits per heavy atom. The lowest BCUT2D eigenvalue weighted by Gasteiger charge is -2.29. The molecule has 1 aromatic rings. The Bertz CT molecular complexity index is 595. The van der Waals surface area contributed by atoms with Crippen LogP contribution in [0.25, 0.3) is 0 Å². The van der Waals surface area contributed by atoms with Gasteiger partial charge in [0.2, 0.25) is 0 Å². The van der Waals surface area contributed by atoms with E-state index in [0.29, 0.717) is 30.9 Å². The first-order valence-electron chi connectivity index (χ1n) is 8.30. The third-order valence-corrected chi connectivity index (χ3v) is 4.16. The van der Waals surface area contributed by atoms with Crippen molar-refractivity contribution >= 4 is 17.5 Å². The standard InChI is InChI=1S/C18H27N3O3/c1-18(2,11-19)12-21(3)17(23)13-6-4-7-14(10-13)20-16(22)15-8-5-9-24-15/h4,6-7,10,15H,5,8-9,11-12,19H2,1-3H3,(H,20,22). The predicted molar refractivity (Wildman–Crippen MR) is 93.8 cm³/mol. The van der Waals surface area contributed by atoms with Crippen LogP contribution in [0.15, 0.2) is 24.3 Å². The molecular formula is C18H27N3O3. The highest BCUT2D eigenvalue weighted by atomic mass is 16.5. The first kappa shape index (κ1) is 18.4. The molecule has 1 aromatic carbocycles. The molecule has 0 bridgehead atoms. The molecule has 1 unspecified atom stereocenters. The fourth-order valence-electron chi connectivity index (χ4n) is 2.74. The average Bonchev–Trinajstić information content (AvgIpc) is 3.08. The fourth-order valence-corrected chi connectivity index (χ4v) is 2.74. The Labute approximate surface area is 143 Å². The Kier molecular flexibility index (Phi) is 5.96. The van der Waals surface area contributed by atoms with Crippen LogP contribution in [-0.4, -0.2) is 49.6 Å². The van der Waals surface area contributed by atoms with Crippen LogP contribution in [0.4, 0.5) is 5.69 Å². The van der Waals surface area contributed by atoms with Crippen LogP contribution in [-0.2, 0) is 9.53 Å². The van der Waals surface area contributed by atoms with Crippen molar-refractivity contribution in [3.8, 4) is 0 Å². The van der Waals surface area contributed by atoms with E-state index in [1.807, 2.05) is 13.8 Å². The SMILES string of the molecule is CN(CC(C)(C)CN)C(=O)c1cccc(NC(=O)C2CCCO2)c1. The van der Waals surface area contributed by atoms with Gasteiger partial charge in [0.05, 0.1) is 0 Å². The molecule has 0 radical (unpaired) electrons. The van der Waals surface area contributed by atoms with Crippen LogP contribution in [0.3, 0.4) is 0 Å². The summed E-state index contributed by atoms with van der Waals surface area (Å²) >= 11 is 0. The molecular weight excluding hydrogens is 306 g/mol. The van der Waals surface area contributed by atoms with E-state index in [1.165, 1.54) is 0 Å². The van der Waals surface area contributed by atoms with Gasteiger partial charge in [-0.3, -0.25) is 9.59 Å². The maximum atomic E-state index is 12.6. The number of hydrogen-bond acceptors (Lipinski definition) is 4. The summed E-state index contributed by atoms with van der Waals surface area (Å²) < 4.78 is 5.37. The van der Waals surface area contributed by atoms with Crippen molar-refractivity contribution in [3.05, 3.63) is 29.8 Å². The molecule has 1 atom stereocenters. The van der Waals surface area contributed by atoms with Crippen LogP contribution >= 0.6 is 0 Å². The van der Waals surface area contributed by atoms with Crippen molar-refractivity contribution < 1.29 is 14.3 Å². The van der Waals surface area contributed by atoms with Gasteiger partial charge in [-0.2, -0.15) is 0 Å². The van der Waals surface area contributed by atoms with Crippen molar-refractivity contribution in [2.45, 2.75) is 32.8 Å². The summed E-state index contributed by atoms with van der Waals surface area (Å²) in [7, 11) is 1.76.